The molecule has 2 aromatic carbocycles. The molecule has 2 rings (SSSR count). The van der Waals surface area contributed by atoms with E-state index in [1.165, 1.54) is 6.21 Å². The highest BCUT2D eigenvalue weighted by Crippen LogP contribution is 2.21. The molecule has 0 aliphatic carbocycles. The molecule has 0 aromatic heterocycles. The number of benzene rings is 2. The van der Waals surface area contributed by atoms with Crippen molar-refractivity contribution in [3.8, 4) is 11.5 Å². The van der Waals surface area contributed by atoms with Gasteiger partial charge in [0.25, 0.3) is 0 Å². The van der Waals surface area contributed by atoms with Crippen LogP contribution in [0.4, 0.5) is 5.69 Å². The Hall–Kier alpha value is -3.06. The Bertz CT molecular complexity index is 854. The Morgan fingerprint density at radius 2 is 1.69 bits per heavy atom. The third-order valence-corrected chi connectivity index (χ3v) is 3.93. The number of nitrogens with zero attached hydrogens (tertiary/aromatic N) is 1. The lowest BCUT2D eigenvalue weighted by Gasteiger charge is -2.07. The topological polar surface area (TPSA) is 89.0 Å². The summed E-state index contributed by atoms with van der Waals surface area (Å²) in [6.45, 7) is 4.85. The number of anilines is 1. The van der Waals surface area contributed by atoms with Crippen molar-refractivity contribution < 1.29 is 19.1 Å². The quantitative estimate of drug-likeness (QED) is 0.451. The maximum Gasteiger partial charge on any atom is 0.240 e. The minimum absolute atomic E-state index is 0.00800. The lowest BCUT2D eigenvalue weighted by Crippen LogP contribution is -2.20. The van der Waals surface area contributed by atoms with Gasteiger partial charge in [0.15, 0.2) is 0 Å². The summed E-state index contributed by atoms with van der Waals surface area (Å²) in [6.07, 6.45) is 1.50. The van der Waals surface area contributed by atoms with Crippen LogP contribution in [-0.4, -0.2) is 31.2 Å². The molecule has 0 fully saturated rings. The predicted octanol–water partition coefficient (Wildman–Crippen LogP) is 4.01. The van der Waals surface area contributed by atoms with Crippen LogP contribution >= 0.6 is 11.6 Å². The van der Waals surface area contributed by atoms with Gasteiger partial charge in [-0.05, 0) is 56.3 Å². The molecule has 7 nitrogen and oxygen atoms in total. The van der Waals surface area contributed by atoms with Gasteiger partial charge in [0.1, 0.15) is 11.5 Å². The number of halogens is 1. The molecule has 0 saturated heterocycles. The van der Waals surface area contributed by atoms with Crippen molar-refractivity contribution in [1.29, 1.82) is 0 Å². The minimum atomic E-state index is -0.372. The van der Waals surface area contributed by atoms with Crippen LogP contribution in [0.2, 0.25) is 5.02 Å². The van der Waals surface area contributed by atoms with Gasteiger partial charge in [-0.1, -0.05) is 11.6 Å². The van der Waals surface area contributed by atoms with E-state index >= 15 is 0 Å². The fraction of sp³-hybridized carbons (Fsp3) is 0.286. The fourth-order valence-corrected chi connectivity index (χ4v) is 2.57. The molecule has 0 radical (unpaired) electrons. The predicted molar refractivity (Wildman–Crippen MR) is 114 cm³/mol. The molecular formula is C21H24ClN3O4. The van der Waals surface area contributed by atoms with Gasteiger partial charge in [-0.25, -0.2) is 5.43 Å². The van der Waals surface area contributed by atoms with E-state index in [-0.39, 0.29) is 24.7 Å². The molecule has 0 aliphatic heterocycles. The SMILES string of the molecule is CCOc1ccc(NC(=O)CCC(=O)NN=Cc2cc(Cl)ccc2OCC)cc1. The summed E-state index contributed by atoms with van der Waals surface area (Å²) in [5.74, 6) is 0.712. The van der Waals surface area contributed by atoms with Crippen LogP contribution in [0.25, 0.3) is 0 Å². The molecule has 2 aromatic rings. The van der Waals surface area contributed by atoms with Gasteiger partial charge in [-0.2, -0.15) is 5.10 Å². The average Bonchev–Trinajstić information content (AvgIpc) is 2.70. The fourth-order valence-electron chi connectivity index (χ4n) is 2.39. The average molecular weight is 418 g/mol. The molecule has 0 bridgehead atoms. The molecule has 0 aliphatic rings. The second kappa shape index (κ2) is 11.7. The van der Waals surface area contributed by atoms with Crippen molar-refractivity contribution >= 4 is 35.3 Å². The third kappa shape index (κ3) is 7.83. The van der Waals surface area contributed by atoms with Crippen molar-refractivity contribution in [2.75, 3.05) is 18.5 Å². The number of nitrogens with one attached hydrogen (secondary N) is 2. The zero-order chi connectivity index (χ0) is 21.1. The van der Waals surface area contributed by atoms with E-state index in [9.17, 15) is 9.59 Å². The first-order valence-corrected chi connectivity index (χ1v) is 9.66. The maximum atomic E-state index is 12.0. The molecule has 0 spiro atoms. The van der Waals surface area contributed by atoms with Crippen molar-refractivity contribution in [2.24, 2.45) is 5.10 Å². The van der Waals surface area contributed by atoms with Gasteiger partial charge in [0.2, 0.25) is 11.8 Å². The molecule has 0 heterocycles. The van der Waals surface area contributed by atoms with Crippen LogP contribution < -0.4 is 20.2 Å². The third-order valence-electron chi connectivity index (χ3n) is 3.69. The van der Waals surface area contributed by atoms with Crippen LogP contribution in [-0.2, 0) is 9.59 Å². The number of hydrazone groups is 1. The molecular weight excluding hydrogens is 394 g/mol. The number of hydrogen-bond donors (Lipinski definition) is 2. The van der Waals surface area contributed by atoms with Crippen LogP contribution in [0.5, 0.6) is 11.5 Å². The first-order valence-electron chi connectivity index (χ1n) is 9.28. The van der Waals surface area contributed by atoms with Gasteiger partial charge in [0.05, 0.1) is 19.4 Å². The van der Waals surface area contributed by atoms with Gasteiger partial charge in [-0.3, -0.25) is 9.59 Å². The molecule has 154 valence electrons. The summed E-state index contributed by atoms with van der Waals surface area (Å²) in [7, 11) is 0. The first kappa shape index (κ1) is 22.2. The highest BCUT2D eigenvalue weighted by Gasteiger charge is 2.07. The molecule has 0 atom stereocenters. The summed E-state index contributed by atoms with van der Waals surface area (Å²) in [6, 6.07) is 12.2. The van der Waals surface area contributed by atoms with Crippen LogP contribution in [0, 0.1) is 0 Å². The molecule has 0 unspecified atom stereocenters. The summed E-state index contributed by atoms with van der Waals surface area (Å²) in [5.41, 5.74) is 3.68. The van der Waals surface area contributed by atoms with Gasteiger partial charge < -0.3 is 14.8 Å². The zero-order valence-electron chi connectivity index (χ0n) is 16.4. The van der Waals surface area contributed by atoms with Crippen LogP contribution in [0.3, 0.4) is 0 Å². The normalized spacial score (nSPS) is 10.6. The van der Waals surface area contributed by atoms with E-state index in [0.717, 1.165) is 5.75 Å². The van der Waals surface area contributed by atoms with Crippen LogP contribution in [0.1, 0.15) is 32.3 Å². The lowest BCUT2D eigenvalue weighted by atomic mass is 10.2. The van der Waals surface area contributed by atoms with Gasteiger partial charge >= 0.3 is 0 Å². The van der Waals surface area contributed by atoms with E-state index in [1.807, 2.05) is 13.8 Å². The van der Waals surface area contributed by atoms with Crippen molar-refractivity contribution in [2.45, 2.75) is 26.7 Å². The Labute approximate surface area is 175 Å². The zero-order valence-corrected chi connectivity index (χ0v) is 17.2. The highest BCUT2D eigenvalue weighted by molar-refractivity contribution is 6.30. The van der Waals surface area contributed by atoms with E-state index in [1.54, 1.807) is 42.5 Å². The van der Waals surface area contributed by atoms with Crippen LogP contribution in [0.15, 0.2) is 47.6 Å². The van der Waals surface area contributed by atoms with E-state index < -0.39 is 0 Å². The highest BCUT2D eigenvalue weighted by atomic mass is 35.5. The minimum Gasteiger partial charge on any atom is -0.494 e. The smallest absolute Gasteiger partial charge is 0.240 e. The molecule has 2 N–H and O–H groups in total. The molecule has 0 saturated carbocycles. The van der Waals surface area contributed by atoms with Gasteiger partial charge in [0, 0.05) is 29.1 Å². The summed E-state index contributed by atoms with van der Waals surface area (Å²) < 4.78 is 10.8. The number of amides is 2. The number of carbonyl (C=O) groups excluding carboxylic acids is 2. The first-order chi connectivity index (χ1) is 14.0. The van der Waals surface area contributed by atoms with Crippen molar-refractivity contribution in [3.05, 3.63) is 53.1 Å². The molecule has 2 amide bonds. The maximum absolute atomic E-state index is 12.0. The second-order valence-corrected chi connectivity index (χ2v) is 6.35. The second-order valence-electron chi connectivity index (χ2n) is 5.91. The summed E-state index contributed by atoms with van der Waals surface area (Å²) in [5, 5.41) is 7.17. The Morgan fingerprint density at radius 3 is 2.38 bits per heavy atom. The standard InChI is InChI=1S/C21H24ClN3O4/c1-3-28-18-8-6-17(7-9-18)24-20(26)11-12-21(27)25-23-14-15-13-16(22)5-10-19(15)29-4-2/h5-10,13-14H,3-4,11-12H2,1-2H3,(H,24,26)(H,25,27). The van der Waals surface area contributed by atoms with Gasteiger partial charge in [-0.15, -0.1) is 0 Å². The number of hydrogen-bond acceptors (Lipinski definition) is 5. The van der Waals surface area contributed by atoms with Crippen molar-refractivity contribution in [1.82, 2.24) is 5.43 Å². The largest absolute Gasteiger partial charge is 0.494 e. The molecule has 8 heteroatoms. The molecule has 29 heavy (non-hydrogen) atoms. The van der Waals surface area contributed by atoms with E-state index in [0.29, 0.717) is 35.2 Å². The van der Waals surface area contributed by atoms with E-state index in [2.05, 4.69) is 15.8 Å². The summed E-state index contributed by atoms with van der Waals surface area (Å²) >= 11 is 5.98. The van der Waals surface area contributed by atoms with E-state index in [4.69, 9.17) is 21.1 Å². The number of ether oxygens (including phenoxy) is 2. The Balaban J connectivity index is 1.78. The summed E-state index contributed by atoms with van der Waals surface area (Å²) in [4.78, 5) is 23.9. The Morgan fingerprint density at radius 1 is 1.00 bits per heavy atom. The van der Waals surface area contributed by atoms with Crippen molar-refractivity contribution in [3.63, 3.8) is 0 Å². The Kier molecular flexibility index (Phi) is 8.98. The number of rotatable bonds is 10. The number of carbonyl (C=O) groups is 2. The lowest BCUT2D eigenvalue weighted by molar-refractivity contribution is -0.124. The monoisotopic (exact) mass is 417 g/mol.